The molecule has 0 fully saturated rings. The van der Waals surface area contributed by atoms with Gasteiger partial charge in [-0.3, -0.25) is 9.59 Å². The minimum absolute atomic E-state index is 0.0699. The molecule has 0 aliphatic rings. The van der Waals surface area contributed by atoms with E-state index in [1.807, 2.05) is 13.8 Å². The number of aliphatic hydroxyl groups is 2. The number of carbonyl (C=O) groups is 2. The Morgan fingerprint density at radius 1 is 0.451 bits per heavy atom. The predicted molar refractivity (Wildman–Crippen MR) is 216 cm³/mol. The van der Waals surface area contributed by atoms with E-state index in [1.54, 1.807) is 0 Å². The molecule has 0 bridgehead atoms. The Balaban J connectivity index is 3.44. The van der Waals surface area contributed by atoms with Crippen LogP contribution >= 0.6 is 0 Å². The molecule has 6 heteroatoms. The van der Waals surface area contributed by atoms with Gasteiger partial charge >= 0.3 is 11.9 Å². The van der Waals surface area contributed by atoms with Gasteiger partial charge in [0.1, 0.15) is 0 Å². The fourth-order valence-electron chi connectivity index (χ4n) is 7.12. The molecule has 0 rings (SSSR count). The molecule has 0 aliphatic heterocycles. The van der Waals surface area contributed by atoms with E-state index in [4.69, 9.17) is 9.47 Å². The van der Waals surface area contributed by atoms with E-state index in [2.05, 4.69) is 13.8 Å². The second-order valence-corrected chi connectivity index (χ2v) is 16.3. The zero-order valence-corrected chi connectivity index (χ0v) is 34.6. The number of esters is 2. The van der Waals surface area contributed by atoms with Crippen molar-refractivity contribution in [3.8, 4) is 0 Å². The van der Waals surface area contributed by atoms with Crippen molar-refractivity contribution in [1.82, 2.24) is 0 Å². The summed E-state index contributed by atoms with van der Waals surface area (Å²) in [6.07, 6.45) is 37.7. The van der Waals surface area contributed by atoms with Crippen molar-refractivity contribution in [3.63, 3.8) is 0 Å². The van der Waals surface area contributed by atoms with Crippen LogP contribution < -0.4 is 0 Å². The van der Waals surface area contributed by atoms with Crippen LogP contribution in [-0.4, -0.2) is 47.1 Å². The Bertz CT molecular complexity index is 747. The molecule has 0 amide bonds. The maximum Gasteiger partial charge on any atom is 0.305 e. The van der Waals surface area contributed by atoms with Gasteiger partial charge in [-0.15, -0.1) is 0 Å². The quantitative estimate of drug-likeness (QED) is 0.0483. The van der Waals surface area contributed by atoms with Crippen molar-refractivity contribution in [1.29, 1.82) is 0 Å². The van der Waals surface area contributed by atoms with E-state index in [0.717, 1.165) is 89.9 Å². The first-order chi connectivity index (χ1) is 24.7. The second kappa shape index (κ2) is 37.2. The van der Waals surface area contributed by atoms with Crippen LogP contribution in [0.15, 0.2) is 0 Å². The van der Waals surface area contributed by atoms with Gasteiger partial charge in [-0.05, 0) is 84.0 Å². The lowest BCUT2D eigenvalue weighted by Gasteiger charge is -2.29. The van der Waals surface area contributed by atoms with Crippen molar-refractivity contribution in [2.75, 3.05) is 13.2 Å². The highest BCUT2D eigenvalue weighted by Gasteiger charge is 2.25. The third kappa shape index (κ3) is 37.0. The van der Waals surface area contributed by atoms with E-state index in [0.29, 0.717) is 32.0 Å². The molecule has 0 saturated carbocycles. The molecule has 0 aromatic rings. The van der Waals surface area contributed by atoms with Crippen molar-refractivity contribution in [2.24, 2.45) is 5.92 Å². The zero-order chi connectivity index (χ0) is 37.7. The Morgan fingerprint density at radius 2 is 0.745 bits per heavy atom. The Morgan fingerprint density at radius 3 is 1.10 bits per heavy atom. The monoisotopic (exact) mass is 725 g/mol. The number of aliphatic hydroxyl groups excluding tert-OH is 1. The normalized spacial score (nSPS) is 13.0. The summed E-state index contributed by atoms with van der Waals surface area (Å²) in [5, 5.41) is 20.6. The van der Waals surface area contributed by atoms with Crippen LogP contribution in [0.25, 0.3) is 0 Å². The molecular formula is C45H88O6. The molecule has 0 radical (unpaired) electrons. The number of unbranched alkanes of at least 4 members (excludes halogenated alkanes) is 23. The van der Waals surface area contributed by atoms with Crippen LogP contribution in [0.2, 0.25) is 0 Å². The first-order valence-electron chi connectivity index (χ1n) is 22.4. The maximum absolute atomic E-state index is 12.0. The molecule has 6 nitrogen and oxygen atoms in total. The summed E-state index contributed by atoms with van der Waals surface area (Å²) in [5.74, 6) is 0.279. The third-order valence-corrected chi connectivity index (χ3v) is 10.7. The van der Waals surface area contributed by atoms with E-state index in [9.17, 15) is 19.8 Å². The first-order valence-corrected chi connectivity index (χ1v) is 22.4. The van der Waals surface area contributed by atoms with Gasteiger partial charge in [0.05, 0.1) is 24.9 Å². The van der Waals surface area contributed by atoms with Gasteiger partial charge in [0.25, 0.3) is 0 Å². The molecule has 0 spiro atoms. The number of rotatable bonds is 40. The number of carbonyl (C=O) groups excluding carboxylic acids is 2. The Kier molecular flexibility index (Phi) is 36.4. The Labute approximate surface area is 317 Å². The molecule has 2 unspecified atom stereocenters. The van der Waals surface area contributed by atoms with E-state index in [-0.39, 0.29) is 18.0 Å². The van der Waals surface area contributed by atoms with Gasteiger partial charge < -0.3 is 19.7 Å². The number of ether oxygens (including phenoxy) is 2. The predicted octanol–water partition coefficient (Wildman–Crippen LogP) is 13.1. The average Bonchev–Trinajstić information content (AvgIpc) is 3.09. The minimum atomic E-state index is -0.563. The first kappa shape index (κ1) is 49.9. The van der Waals surface area contributed by atoms with Crippen molar-refractivity contribution < 1.29 is 29.3 Å². The molecule has 0 aromatic heterocycles. The van der Waals surface area contributed by atoms with Crippen LogP contribution in [0.1, 0.15) is 246 Å². The highest BCUT2D eigenvalue weighted by molar-refractivity contribution is 5.69. The standard InChI is InChI=1S/C45H88O6/c1-5-7-9-25-33-41(45(3,4)49)34-26-19-15-11-13-17-21-29-37-43(47)50-39-31-23-24-32-40-51-44(48)38-30-22-18-14-12-16-20-28-36-42(46)35-27-10-8-6-2/h41-42,46,49H,5-40H2,1-4H3. The van der Waals surface area contributed by atoms with Gasteiger partial charge in [0.15, 0.2) is 0 Å². The van der Waals surface area contributed by atoms with Crippen LogP contribution in [0.4, 0.5) is 0 Å². The molecule has 51 heavy (non-hydrogen) atoms. The summed E-state index contributed by atoms with van der Waals surface area (Å²) >= 11 is 0. The zero-order valence-electron chi connectivity index (χ0n) is 34.6. The molecule has 0 aromatic carbocycles. The molecule has 304 valence electrons. The average molecular weight is 725 g/mol. The smallest absolute Gasteiger partial charge is 0.305 e. The third-order valence-electron chi connectivity index (χ3n) is 10.7. The molecule has 0 aliphatic carbocycles. The topological polar surface area (TPSA) is 93.1 Å². The van der Waals surface area contributed by atoms with E-state index < -0.39 is 5.60 Å². The van der Waals surface area contributed by atoms with Crippen LogP contribution in [0.3, 0.4) is 0 Å². The highest BCUT2D eigenvalue weighted by atomic mass is 16.5. The SMILES string of the molecule is CCCCCCC(O)CCCCCCCCCCC(=O)OCCCCCCOC(=O)CCCCCCCCCCC(CCCCCC)C(C)(C)O. The lowest BCUT2D eigenvalue weighted by Crippen LogP contribution is -2.30. The van der Waals surface area contributed by atoms with Crippen molar-refractivity contribution in [2.45, 2.75) is 258 Å². The molecule has 2 atom stereocenters. The van der Waals surface area contributed by atoms with Crippen molar-refractivity contribution >= 4 is 11.9 Å². The Hall–Kier alpha value is -1.14. The molecule has 0 heterocycles. The lowest BCUT2D eigenvalue weighted by atomic mass is 9.82. The lowest BCUT2D eigenvalue weighted by molar-refractivity contribution is -0.145. The number of hydrogen-bond acceptors (Lipinski definition) is 6. The summed E-state index contributed by atoms with van der Waals surface area (Å²) < 4.78 is 10.8. The number of hydrogen-bond donors (Lipinski definition) is 2. The van der Waals surface area contributed by atoms with E-state index in [1.165, 1.54) is 116 Å². The molecule has 0 saturated heterocycles. The maximum atomic E-state index is 12.0. The van der Waals surface area contributed by atoms with Crippen LogP contribution in [0, 0.1) is 5.92 Å². The van der Waals surface area contributed by atoms with Crippen molar-refractivity contribution in [3.05, 3.63) is 0 Å². The fourth-order valence-corrected chi connectivity index (χ4v) is 7.12. The summed E-state index contributed by atoms with van der Waals surface area (Å²) in [7, 11) is 0. The van der Waals surface area contributed by atoms with Gasteiger partial charge in [-0.25, -0.2) is 0 Å². The van der Waals surface area contributed by atoms with Crippen LogP contribution in [-0.2, 0) is 19.1 Å². The van der Waals surface area contributed by atoms with Gasteiger partial charge in [-0.1, -0.05) is 155 Å². The van der Waals surface area contributed by atoms with Gasteiger partial charge in [0.2, 0.25) is 0 Å². The largest absolute Gasteiger partial charge is 0.466 e. The fraction of sp³-hybridized carbons (Fsp3) is 0.956. The van der Waals surface area contributed by atoms with Gasteiger partial charge in [0, 0.05) is 12.8 Å². The summed E-state index contributed by atoms with van der Waals surface area (Å²) in [6, 6.07) is 0. The van der Waals surface area contributed by atoms with E-state index >= 15 is 0 Å². The summed E-state index contributed by atoms with van der Waals surface area (Å²) in [4.78, 5) is 24.0. The highest BCUT2D eigenvalue weighted by Crippen LogP contribution is 2.28. The summed E-state index contributed by atoms with van der Waals surface area (Å²) in [6.45, 7) is 9.42. The second-order valence-electron chi connectivity index (χ2n) is 16.3. The van der Waals surface area contributed by atoms with Crippen LogP contribution in [0.5, 0.6) is 0 Å². The summed E-state index contributed by atoms with van der Waals surface area (Å²) in [5.41, 5.74) is -0.563. The molecule has 2 N–H and O–H groups in total. The molecular weight excluding hydrogens is 636 g/mol. The minimum Gasteiger partial charge on any atom is -0.466 e. The van der Waals surface area contributed by atoms with Gasteiger partial charge in [-0.2, -0.15) is 0 Å².